The van der Waals surface area contributed by atoms with Crippen molar-refractivity contribution in [3.8, 4) is 6.07 Å². The lowest BCUT2D eigenvalue weighted by Crippen LogP contribution is -2.42. The van der Waals surface area contributed by atoms with E-state index in [0.29, 0.717) is 13.1 Å². The molecular weight excluding hydrogens is 292 g/mol. The molecule has 2 N–H and O–H groups in total. The first-order chi connectivity index (χ1) is 11.0. The Morgan fingerprint density at radius 2 is 1.43 bits per heavy atom. The molecule has 1 heterocycles. The highest BCUT2D eigenvalue weighted by atomic mass is 16.1. The number of carbonyl (C=O) groups excluding carboxylic acids is 1. The molecule has 1 saturated heterocycles. The zero-order valence-electron chi connectivity index (χ0n) is 14.7. The Hall–Kier alpha value is -1.20. The Balaban J connectivity index is 2.61. The van der Waals surface area contributed by atoms with Gasteiger partial charge in [0.1, 0.15) is 0 Å². The van der Waals surface area contributed by atoms with Gasteiger partial charge in [-0.2, -0.15) is 5.26 Å². The lowest BCUT2D eigenvalue weighted by molar-refractivity contribution is -0.119. The fourth-order valence-electron chi connectivity index (χ4n) is 2.84. The fourth-order valence-corrected chi connectivity index (χ4v) is 2.84. The molecule has 0 aromatic carbocycles. The second kappa shape index (κ2) is 11.4. The first kappa shape index (κ1) is 19.8. The highest BCUT2D eigenvalue weighted by Crippen LogP contribution is 2.00. The van der Waals surface area contributed by atoms with Crippen LogP contribution in [0.4, 0.5) is 0 Å². The third kappa shape index (κ3) is 9.51. The summed E-state index contributed by atoms with van der Waals surface area (Å²) in [5.41, 5.74) is 5.36. The Morgan fingerprint density at radius 1 is 0.913 bits per heavy atom. The zero-order chi connectivity index (χ0) is 17.1. The molecule has 1 amide bonds. The van der Waals surface area contributed by atoms with Crippen molar-refractivity contribution < 1.29 is 4.79 Å². The highest BCUT2D eigenvalue weighted by Gasteiger charge is 2.13. The number of nitriles is 1. The van der Waals surface area contributed by atoms with E-state index in [-0.39, 0.29) is 5.91 Å². The van der Waals surface area contributed by atoms with Gasteiger partial charge in [-0.05, 0) is 46.6 Å². The lowest BCUT2D eigenvalue weighted by Gasteiger charge is -2.28. The van der Waals surface area contributed by atoms with Gasteiger partial charge in [0.2, 0.25) is 5.91 Å². The second-order valence-corrected chi connectivity index (χ2v) is 6.49. The molecule has 0 spiro atoms. The average Bonchev–Trinajstić information content (AvgIpc) is 2.49. The molecule has 0 atom stereocenters. The summed E-state index contributed by atoms with van der Waals surface area (Å²) in [6.07, 6.45) is 2.07. The van der Waals surface area contributed by atoms with E-state index in [2.05, 4.69) is 39.8 Å². The smallest absolute Gasteiger partial charge is 0.231 e. The number of rotatable bonds is 3. The van der Waals surface area contributed by atoms with Crippen molar-refractivity contribution in [3.05, 3.63) is 0 Å². The predicted molar refractivity (Wildman–Crippen MR) is 91.9 cm³/mol. The Labute approximate surface area is 140 Å². The van der Waals surface area contributed by atoms with E-state index >= 15 is 0 Å². The van der Waals surface area contributed by atoms with Crippen molar-refractivity contribution in [3.63, 3.8) is 0 Å². The summed E-state index contributed by atoms with van der Waals surface area (Å²) >= 11 is 0. The summed E-state index contributed by atoms with van der Waals surface area (Å²) in [4.78, 5) is 20.2. The summed E-state index contributed by atoms with van der Waals surface area (Å²) in [5.74, 6) is -0.284. The van der Waals surface area contributed by atoms with Gasteiger partial charge in [0, 0.05) is 32.7 Å². The number of hydrogen-bond donors (Lipinski definition) is 1. The first-order valence-corrected chi connectivity index (χ1v) is 8.48. The standard InChI is InChI=1S/C16H32N6O/c1-19-6-3-8-21(10-5-17)13-14-22(15-16(18)23)9-4-7-20(2)12-11-19/h3-4,6-15H2,1-2H3,(H2,18,23). The van der Waals surface area contributed by atoms with Crippen LogP contribution in [0.15, 0.2) is 0 Å². The molecule has 0 aromatic heterocycles. The maximum absolute atomic E-state index is 11.2. The molecule has 0 unspecified atom stereocenters. The van der Waals surface area contributed by atoms with Gasteiger partial charge >= 0.3 is 0 Å². The molecule has 132 valence electrons. The van der Waals surface area contributed by atoms with Crippen LogP contribution in [0, 0.1) is 11.3 Å². The van der Waals surface area contributed by atoms with E-state index in [1.807, 2.05) is 0 Å². The zero-order valence-corrected chi connectivity index (χ0v) is 14.7. The van der Waals surface area contributed by atoms with Crippen molar-refractivity contribution in [1.82, 2.24) is 19.6 Å². The molecule has 0 radical (unpaired) electrons. The van der Waals surface area contributed by atoms with E-state index < -0.39 is 0 Å². The van der Waals surface area contributed by atoms with Crippen LogP contribution < -0.4 is 5.73 Å². The number of nitrogens with two attached hydrogens (primary N) is 1. The van der Waals surface area contributed by atoms with Gasteiger partial charge in [0.25, 0.3) is 0 Å². The molecule has 0 bridgehead atoms. The van der Waals surface area contributed by atoms with Crippen LogP contribution in [-0.4, -0.2) is 105 Å². The summed E-state index contributed by atoms with van der Waals surface area (Å²) < 4.78 is 0. The van der Waals surface area contributed by atoms with Crippen LogP contribution in [0.3, 0.4) is 0 Å². The van der Waals surface area contributed by atoms with E-state index in [1.165, 1.54) is 0 Å². The van der Waals surface area contributed by atoms with Crippen molar-refractivity contribution in [2.75, 3.05) is 79.5 Å². The topological polar surface area (TPSA) is 79.8 Å². The maximum atomic E-state index is 11.2. The van der Waals surface area contributed by atoms with Gasteiger partial charge in [-0.3, -0.25) is 14.6 Å². The number of amides is 1. The van der Waals surface area contributed by atoms with Gasteiger partial charge in [-0.25, -0.2) is 0 Å². The van der Waals surface area contributed by atoms with Gasteiger partial charge in [-0.1, -0.05) is 0 Å². The Bertz CT molecular complexity index is 383. The predicted octanol–water partition coefficient (Wildman–Crippen LogP) is -0.743. The average molecular weight is 324 g/mol. The highest BCUT2D eigenvalue weighted by molar-refractivity contribution is 5.75. The summed E-state index contributed by atoms with van der Waals surface area (Å²) in [6.45, 7) is 8.27. The second-order valence-electron chi connectivity index (χ2n) is 6.49. The molecule has 23 heavy (non-hydrogen) atoms. The van der Waals surface area contributed by atoms with Crippen molar-refractivity contribution in [2.45, 2.75) is 12.8 Å². The van der Waals surface area contributed by atoms with Crippen molar-refractivity contribution >= 4 is 5.91 Å². The third-order valence-electron chi connectivity index (χ3n) is 4.30. The molecule has 0 aliphatic carbocycles. The number of carbonyl (C=O) groups is 1. The van der Waals surface area contributed by atoms with Crippen LogP contribution in [0.25, 0.3) is 0 Å². The molecule has 1 rings (SSSR count). The van der Waals surface area contributed by atoms with Crippen LogP contribution in [-0.2, 0) is 4.79 Å². The summed E-state index contributed by atoms with van der Waals surface area (Å²) in [7, 11) is 4.30. The quantitative estimate of drug-likeness (QED) is 0.689. The van der Waals surface area contributed by atoms with Crippen LogP contribution in [0.1, 0.15) is 12.8 Å². The van der Waals surface area contributed by atoms with E-state index in [1.54, 1.807) is 0 Å². The molecule has 1 aliphatic heterocycles. The van der Waals surface area contributed by atoms with Crippen molar-refractivity contribution in [1.29, 1.82) is 5.26 Å². The van der Waals surface area contributed by atoms with Crippen LogP contribution >= 0.6 is 0 Å². The third-order valence-corrected chi connectivity index (χ3v) is 4.30. The van der Waals surface area contributed by atoms with Gasteiger partial charge in [0.05, 0.1) is 19.2 Å². The Morgan fingerprint density at radius 3 is 1.96 bits per heavy atom. The number of likely N-dealkylation sites (N-methyl/N-ethyl adjacent to an activating group) is 2. The summed E-state index contributed by atoms with van der Waals surface area (Å²) in [6, 6.07) is 2.24. The maximum Gasteiger partial charge on any atom is 0.231 e. The molecule has 1 aliphatic rings. The monoisotopic (exact) mass is 324 g/mol. The summed E-state index contributed by atoms with van der Waals surface area (Å²) in [5, 5.41) is 8.99. The number of nitrogens with zero attached hydrogens (tertiary/aromatic N) is 5. The molecule has 7 heteroatoms. The molecule has 0 aromatic rings. The molecule has 0 saturated carbocycles. The minimum Gasteiger partial charge on any atom is -0.369 e. The molecule has 1 fully saturated rings. The van der Waals surface area contributed by atoms with Gasteiger partial charge in [-0.15, -0.1) is 0 Å². The minimum absolute atomic E-state index is 0.284. The lowest BCUT2D eigenvalue weighted by atomic mass is 10.3. The van der Waals surface area contributed by atoms with E-state index in [9.17, 15) is 4.79 Å². The van der Waals surface area contributed by atoms with Crippen molar-refractivity contribution in [2.24, 2.45) is 5.73 Å². The minimum atomic E-state index is -0.284. The van der Waals surface area contributed by atoms with Crippen LogP contribution in [0.2, 0.25) is 0 Å². The van der Waals surface area contributed by atoms with Crippen LogP contribution in [0.5, 0.6) is 0 Å². The first-order valence-electron chi connectivity index (χ1n) is 8.48. The Kier molecular flexibility index (Phi) is 9.80. The van der Waals surface area contributed by atoms with E-state index in [4.69, 9.17) is 11.0 Å². The van der Waals surface area contributed by atoms with E-state index in [0.717, 1.165) is 65.2 Å². The fraction of sp³-hybridized carbons (Fsp3) is 0.875. The molecular formula is C16H32N6O. The van der Waals surface area contributed by atoms with Gasteiger partial charge in [0.15, 0.2) is 0 Å². The number of primary amides is 1. The normalized spacial score (nSPS) is 22.3. The SMILES string of the molecule is CN1CCCN(CC#N)CCN(CC(N)=O)CCCN(C)CC1. The largest absolute Gasteiger partial charge is 0.369 e. The molecule has 7 nitrogen and oxygen atoms in total. The van der Waals surface area contributed by atoms with Gasteiger partial charge < -0.3 is 15.5 Å². The number of hydrogen-bond acceptors (Lipinski definition) is 6.